The first kappa shape index (κ1) is 10.3. The molecule has 0 aromatic heterocycles. The van der Waals surface area contributed by atoms with Crippen molar-refractivity contribution < 1.29 is 13.5 Å². The topological polar surface area (TPSA) is 9.23 Å². The van der Waals surface area contributed by atoms with Crippen LogP contribution in [0.4, 0.5) is 8.78 Å². The Morgan fingerprint density at radius 3 is 2.46 bits per heavy atom. The number of benzene rings is 1. The summed E-state index contributed by atoms with van der Waals surface area (Å²) < 4.78 is 30.4. The van der Waals surface area contributed by atoms with Crippen LogP contribution in [0.25, 0.3) is 0 Å². The molecule has 4 heteroatoms. The summed E-state index contributed by atoms with van der Waals surface area (Å²) in [6, 6.07) is 2.19. The third-order valence-electron chi connectivity index (χ3n) is 1.70. The predicted octanol–water partition coefficient (Wildman–Crippen LogP) is 2.45. The Balaban J connectivity index is 3.09. The smallest absolute Gasteiger partial charge is 0.162 e. The van der Waals surface area contributed by atoms with Gasteiger partial charge in [0.1, 0.15) is 5.75 Å². The standard InChI is InChI=1S/C9H10F2OS/c1-12-9-5-8(11)7(10)4-6(9)2-3-13/h4-5,13H,2-3H2,1H3. The van der Waals surface area contributed by atoms with Crippen LogP contribution in [0, 0.1) is 11.6 Å². The molecular formula is C9H10F2OS. The predicted molar refractivity (Wildman–Crippen MR) is 50.5 cm³/mol. The van der Waals surface area contributed by atoms with Crippen LogP contribution in [0.3, 0.4) is 0 Å². The van der Waals surface area contributed by atoms with Gasteiger partial charge in [-0.2, -0.15) is 12.6 Å². The molecule has 0 fully saturated rings. The Morgan fingerprint density at radius 1 is 1.31 bits per heavy atom. The van der Waals surface area contributed by atoms with E-state index >= 15 is 0 Å². The molecule has 0 saturated heterocycles. The number of thiol groups is 1. The normalized spacial score (nSPS) is 10.2. The highest BCUT2D eigenvalue weighted by Gasteiger charge is 2.09. The van der Waals surface area contributed by atoms with E-state index in [0.29, 0.717) is 23.5 Å². The van der Waals surface area contributed by atoms with Gasteiger partial charge < -0.3 is 4.74 Å². The van der Waals surface area contributed by atoms with Gasteiger partial charge in [-0.05, 0) is 23.8 Å². The summed E-state index contributed by atoms with van der Waals surface area (Å²) in [5.41, 5.74) is 0.636. The molecule has 0 aliphatic rings. The summed E-state index contributed by atoms with van der Waals surface area (Å²) in [4.78, 5) is 0. The Hall–Kier alpha value is -0.770. The van der Waals surface area contributed by atoms with E-state index < -0.39 is 11.6 Å². The lowest BCUT2D eigenvalue weighted by molar-refractivity contribution is 0.401. The molecule has 0 saturated carbocycles. The highest BCUT2D eigenvalue weighted by molar-refractivity contribution is 7.80. The van der Waals surface area contributed by atoms with E-state index in [-0.39, 0.29) is 0 Å². The summed E-state index contributed by atoms with van der Waals surface area (Å²) in [6.07, 6.45) is 0.559. The highest BCUT2D eigenvalue weighted by atomic mass is 32.1. The lowest BCUT2D eigenvalue weighted by Gasteiger charge is -2.07. The first-order valence-electron chi connectivity index (χ1n) is 3.81. The average Bonchev–Trinajstić information content (AvgIpc) is 2.11. The van der Waals surface area contributed by atoms with Crippen LogP contribution in [0.1, 0.15) is 5.56 Å². The van der Waals surface area contributed by atoms with Crippen molar-refractivity contribution >= 4 is 12.6 Å². The first-order chi connectivity index (χ1) is 6.19. The van der Waals surface area contributed by atoms with Crippen molar-refractivity contribution in [2.45, 2.75) is 6.42 Å². The number of hydrogen-bond donors (Lipinski definition) is 1. The van der Waals surface area contributed by atoms with Crippen molar-refractivity contribution in [2.24, 2.45) is 0 Å². The maximum atomic E-state index is 12.8. The Bertz CT molecular complexity index is 302. The van der Waals surface area contributed by atoms with Crippen LogP contribution >= 0.6 is 12.6 Å². The van der Waals surface area contributed by atoms with Gasteiger partial charge >= 0.3 is 0 Å². The minimum atomic E-state index is -0.889. The molecule has 1 aromatic carbocycles. The molecule has 13 heavy (non-hydrogen) atoms. The van der Waals surface area contributed by atoms with Crippen molar-refractivity contribution in [1.82, 2.24) is 0 Å². The molecule has 72 valence electrons. The SMILES string of the molecule is COc1cc(F)c(F)cc1CCS. The lowest BCUT2D eigenvalue weighted by atomic mass is 10.1. The summed E-state index contributed by atoms with van der Waals surface area (Å²) in [7, 11) is 1.43. The van der Waals surface area contributed by atoms with Crippen molar-refractivity contribution in [3.8, 4) is 5.75 Å². The molecule has 0 N–H and O–H groups in total. The number of hydrogen-bond acceptors (Lipinski definition) is 2. The van der Waals surface area contributed by atoms with Gasteiger partial charge in [-0.25, -0.2) is 8.78 Å². The maximum Gasteiger partial charge on any atom is 0.162 e. The minimum absolute atomic E-state index is 0.368. The Morgan fingerprint density at radius 2 is 1.92 bits per heavy atom. The third kappa shape index (κ3) is 2.34. The van der Waals surface area contributed by atoms with E-state index in [0.717, 1.165) is 12.1 Å². The van der Waals surface area contributed by atoms with Crippen molar-refractivity contribution in [3.05, 3.63) is 29.3 Å². The van der Waals surface area contributed by atoms with Crippen LogP contribution in [0.15, 0.2) is 12.1 Å². The zero-order chi connectivity index (χ0) is 9.84. The van der Waals surface area contributed by atoms with Gasteiger partial charge in [0, 0.05) is 6.07 Å². The second-order valence-corrected chi connectivity index (χ2v) is 3.00. The van der Waals surface area contributed by atoms with Crippen LogP contribution in [-0.4, -0.2) is 12.9 Å². The van der Waals surface area contributed by atoms with Gasteiger partial charge in [0.2, 0.25) is 0 Å². The number of halogens is 2. The van der Waals surface area contributed by atoms with Crippen molar-refractivity contribution in [3.63, 3.8) is 0 Å². The van der Waals surface area contributed by atoms with Crippen LogP contribution in [0.2, 0.25) is 0 Å². The van der Waals surface area contributed by atoms with Gasteiger partial charge in [-0.3, -0.25) is 0 Å². The number of methoxy groups -OCH3 is 1. The van der Waals surface area contributed by atoms with Crippen LogP contribution in [-0.2, 0) is 6.42 Å². The van der Waals surface area contributed by atoms with Crippen molar-refractivity contribution in [2.75, 3.05) is 12.9 Å². The summed E-state index contributed by atoms with van der Waals surface area (Å²) in [6.45, 7) is 0. The largest absolute Gasteiger partial charge is 0.496 e. The fourth-order valence-electron chi connectivity index (χ4n) is 1.08. The molecule has 0 unspecified atom stereocenters. The fourth-order valence-corrected chi connectivity index (χ4v) is 1.32. The molecule has 0 radical (unpaired) electrons. The maximum absolute atomic E-state index is 12.8. The second kappa shape index (κ2) is 4.46. The second-order valence-electron chi connectivity index (χ2n) is 2.55. The Labute approximate surface area is 81.1 Å². The summed E-state index contributed by atoms with van der Waals surface area (Å²) in [5.74, 6) is -0.799. The molecule has 0 atom stereocenters. The Kier molecular flexibility index (Phi) is 3.54. The number of rotatable bonds is 3. The summed E-state index contributed by atoms with van der Waals surface area (Å²) >= 11 is 4.01. The highest BCUT2D eigenvalue weighted by Crippen LogP contribution is 2.22. The van der Waals surface area contributed by atoms with Crippen molar-refractivity contribution in [1.29, 1.82) is 0 Å². The molecule has 0 aliphatic heterocycles. The molecule has 0 amide bonds. The molecule has 1 nitrogen and oxygen atoms in total. The van der Waals surface area contributed by atoms with E-state index in [9.17, 15) is 8.78 Å². The molecule has 1 rings (SSSR count). The number of ether oxygens (including phenoxy) is 1. The third-order valence-corrected chi connectivity index (χ3v) is 1.93. The lowest BCUT2D eigenvalue weighted by Crippen LogP contribution is -1.96. The van der Waals surface area contributed by atoms with E-state index in [1.807, 2.05) is 0 Å². The van der Waals surface area contributed by atoms with Crippen LogP contribution in [0.5, 0.6) is 5.75 Å². The quantitative estimate of drug-likeness (QED) is 0.744. The van der Waals surface area contributed by atoms with Gasteiger partial charge in [-0.1, -0.05) is 0 Å². The zero-order valence-electron chi connectivity index (χ0n) is 7.18. The van der Waals surface area contributed by atoms with Gasteiger partial charge in [0.15, 0.2) is 11.6 Å². The van der Waals surface area contributed by atoms with Gasteiger partial charge in [-0.15, -0.1) is 0 Å². The first-order valence-corrected chi connectivity index (χ1v) is 4.45. The molecular weight excluding hydrogens is 194 g/mol. The van der Waals surface area contributed by atoms with E-state index in [2.05, 4.69) is 12.6 Å². The summed E-state index contributed by atoms with van der Waals surface area (Å²) in [5, 5.41) is 0. The van der Waals surface area contributed by atoms with Gasteiger partial charge in [0.05, 0.1) is 7.11 Å². The molecule has 0 spiro atoms. The minimum Gasteiger partial charge on any atom is -0.496 e. The van der Waals surface area contributed by atoms with E-state index in [4.69, 9.17) is 4.74 Å². The van der Waals surface area contributed by atoms with E-state index in [1.54, 1.807) is 0 Å². The zero-order valence-corrected chi connectivity index (χ0v) is 8.07. The fraction of sp³-hybridized carbons (Fsp3) is 0.333. The average molecular weight is 204 g/mol. The monoisotopic (exact) mass is 204 g/mol. The number of aryl methyl sites for hydroxylation is 1. The van der Waals surface area contributed by atoms with Gasteiger partial charge in [0.25, 0.3) is 0 Å². The molecule has 0 bridgehead atoms. The molecule has 0 aliphatic carbocycles. The van der Waals surface area contributed by atoms with Crippen LogP contribution < -0.4 is 4.74 Å². The van der Waals surface area contributed by atoms with E-state index in [1.165, 1.54) is 7.11 Å². The molecule has 1 aromatic rings. The molecule has 0 heterocycles.